The van der Waals surface area contributed by atoms with Crippen molar-refractivity contribution in [3.05, 3.63) is 102 Å². The number of anilines is 1. The van der Waals surface area contributed by atoms with E-state index in [4.69, 9.17) is 5.11 Å². The monoisotopic (exact) mass is 375 g/mol. The molecule has 0 aliphatic rings. The number of hydrogen-bond acceptors (Lipinski definition) is 3. The fourth-order valence-corrected chi connectivity index (χ4v) is 3.24. The molecule has 0 aliphatic heterocycles. The molecule has 0 saturated heterocycles. The zero-order chi connectivity index (χ0) is 19.8. The number of aliphatic hydroxyl groups excluding tert-OH is 1. The standard InChI is InChI=1S/C24H25NO3/c26-22(16-11-18-7-3-1-4-8-18)17-23(19-9-5-2-6-10-19)25-21-14-12-20(13-15-21)24(27)28/h1-10,12-15,22-23,25-26H,11,16-17H2,(H,27,28). The van der Waals surface area contributed by atoms with Crippen LogP contribution in [0.2, 0.25) is 0 Å². The minimum atomic E-state index is -0.942. The molecule has 28 heavy (non-hydrogen) atoms. The van der Waals surface area contributed by atoms with Crippen LogP contribution in [0.5, 0.6) is 0 Å². The molecule has 0 saturated carbocycles. The summed E-state index contributed by atoms with van der Waals surface area (Å²) in [4.78, 5) is 11.0. The third-order valence-electron chi connectivity index (χ3n) is 4.79. The summed E-state index contributed by atoms with van der Waals surface area (Å²) in [5.41, 5.74) is 3.39. The van der Waals surface area contributed by atoms with Crippen molar-refractivity contribution < 1.29 is 15.0 Å². The number of benzene rings is 3. The Hall–Kier alpha value is -3.11. The minimum Gasteiger partial charge on any atom is -0.478 e. The molecule has 4 heteroatoms. The average molecular weight is 375 g/mol. The maximum absolute atomic E-state index is 11.0. The number of carboxylic acid groups (broad SMARTS) is 1. The number of aryl methyl sites for hydroxylation is 1. The molecule has 4 nitrogen and oxygen atoms in total. The summed E-state index contributed by atoms with van der Waals surface area (Å²) < 4.78 is 0. The highest BCUT2D eigenvalue weighted by molar-refractivity contribution is 5.88. The summed E-state index contributed by atoms with van der Waals surface area (Å²) in [7, 11) is 0. The van der Waals surface area contributed by atoms with E-state index in [9.17, 15) is 9.90 Å². The van der Waals surface area contributed by atoms with Gasteiger partial charge in [-0.3, -0.25) is 0 Å². The Labute approximate surface area is 165 Å². The van der Waals surface area contributed by atoms with Crippen LogP contribution in [-0.4, -0.2) is 22.3 Å². The highest BCUT2D eigenvalue weighted by Gasteiger charge is 2.17. The van der Waals surface area contributed by atoms with Gasteiger partial charge in [-0.1, -0.05) is 60.7 Å². The quantitative estimate of drug-likeness (QED) is 0.496. The molecular formula is C24H25NO3. The molecule has 0 amide bonds. The number of carboxylic acids is 1. The van der Waals surface area contributed by atoms with Crippen molar-refractivity contribution in [2.45, 2.75) is 31.4 Å². The first-order valence-corrected chi connectivity index (χ1v) is 9.48. The van der Waals surface area contributed by atoms with Gasteiger partial charge in [-0.15, -0.1) is 0 Å². The zero-order valence-corrected chi connectivity index (χ0v) is 15.7. The lowest BCUT2D eigenvalue weighted by Gasteiger charge is -2.23. The van der Waals surface area contributed by atoms with Crippen molar-refractivity contribution in [3.8, 4) is 0 Å². The first kappa shape index (κ1) is 19.6. The van der Waals surface area contributed by atoms with E-state index in [-0.39, 0.29) is 11.6 Å². The van der Waals surface area contributed by atoms with Gasteiger partial charge in [-0.25, -0.2) is 4.79 Å². The number of nitrogens with one attached hydrogen (secondary N) is 1. The van der Waals surface area contributed by atoms with E-state index in [1.807, 2.05) is 48.5 Å². The zero-order valence-electron chi connectivity index (χ0n) is 15.7. The van der Waals surface area contributed by atoms with Crippen molar-refractivity contribution in [1.29, 1.82) is 0 Å². The molecule has 0 fully saturated rings. The van der Waals surface area contributed by atoms with Gasteiger partial charge in [0.1, 0.15) is 0 Å². The van der Waals surface area contributed by atoms with E-state index in [1.165, 1.54) is 5.56 Å². The fourth-order valence-electron chi connectivity index (χ4n) is 3.24. The smallest absolute Gasteiger partial charge is 0.335 e. The van der Waals surface area contributed by atoms with Gasteiger partial charge in [0, 0.05) is 5.69 Å². The van der Waals surface area contributed by atoms with E-state index < -0.39 is 12.1 Å². The lowest BCUT2D eigenvalue weighted by Crippen LogP contribution is -2.19. The van der Waals surface area contributed by atoms with Crippen LogP contribution in [0, 0.1) is 0 Å². The molecule has 3 aromatic rings. The second-order valence-corrected chi connectivity index (χ2v) is 6.90. The number of hydrogen-bond donors (Lipinski definition) is 3. The molecular weight excluding hydrogens is 350 g/mol. The summed E-state index contributed by atoms with van der Waals surface area (Å²) in [6.07, 6.45) is 1.64. The Bertz CT molecular complexity index is 863. The van der Waals surface area contributed by atoms with Crippen molar-refractivity contribution in [2.75, 3.05) is 5.32 Å². The number of aliphatic hydroxyl groups is 1. The van der Waals surface area contributed by atoms with Crippen molar-refractivity contribution in [2.24, 2.45) is 0 Å². The first-order chi connectivity index (χ1) is 13.6. The van der Waals surface area contributed by atoms with Crippen LogP contribution in [-0.2, 0) is 6.42 Å². The summed E-state index contributed by atoms with van der Waals surface area (Å²) in [6, 6.07) is 26.8. The molecule has 144 valence electrons. The summed E-state index contributed by atoms with van der Waals surface area (Å²) in [5.74, 6) is -0.942. The van der Waals surface area contributed by atoms with Crippen LogP contribution in [0.1, 0.15) is 40.4 Å². The highest BCUT2D eigenvalue weighted by Crippen LogP contribution is 2.25. The fraction of sp³-hybridized carbons (Fsp3) is 0.208. The predicted molar refractivity (Wildman–Crippen MR) is 112 cm³/mol. The lowest BCUT2D eigenvalue weighted by atomic mass is 9.96. The van der Waals surface area contributed by atoms with Crippen LogP contribution < -0.4 is 5.32 Å². The van der Waals surface area contributed by atoms with Gasteiger partial charge in [0.2, 0.25) is 0 Å². The third-order valence-corrected chi connectivity index (χ3v) is 4.79. The van der Waals surface area contributed by atoms with Gasteiger partial charge >= 0.3 is 5.97 Å². The largest absolute Gasteiger partial charge is 0.478 e. The van der Waals surface area contributed by atoms with E-state index in [0.29, 0.717) is 12.8 Å². The topological polar surface area (TPSA) is 69.6 Å². The van der Waals surface area contributed by atoms with Crippen molar-refractivity contribution >= 4 is 11.7 Å². The van der Waals surface area contributed by atoms with Crippen LogP contribution >= 0.6 is 0 Å². The number of aromatic carboxylic acids is 1. The SMILES string of the molecule is O=C(O)c1ccc(NC(CC(O)CCc2ccccc2)c2ccccc2)cc1. The van der Waals surface area contributed by atoms with E-state index in [2.05, 4.69) is 17.4 Å². The maximum atomic E-state index is 11.0. The van der Waals surface area contributed by atoms with Gasteiger partial charge in [-0.2, -0.15) is 0 Å². The van der Waals surface area contributed by atoms with Crippen LogP contribution in [0.3, 0.4) is 0 Å². The normalized spacial score (nSPS) is 12.9. The Kier molecular flexibility index (Phi) is 6.82. The van der Waals surface area contributed by atoms with Crippen LogP contribution in [0.15, 0.2) is 84.9 Å². The minimum absolute atomic E-state index is 0.0670. The van der Waals surface area contributed by atoms with Crippen molar-refractivity contribution in [3.63, 3.8) is 0 Å². The molecule has 3 N–H and O–H groups in total. The number of rotatable bonds is 9. The molecule has 0 heterocycles. The molecule has 3 rings (SSSR count). The predicted octanol–water partition coefficient (Wildman–Crippen LogP) is 4.92. The Morgan fingerprint density at radius 3 is 2.07 bits per heavy atom. The molecule has 3 aromatic carbocycles. The molecule has 2 unspecified atom stereocenters. The third kappa shape index (κ3) is 5.69. The molecule has 2 atom stereocenters. The van der Waals surface area contributed by atoms with Gasteiger partial charge in [-0.05, 0) is 54.7 Å². The second-order valence-electron chi connectivity index (χ2n) is 6.90. The molecule has 0 bridgehead atoms. The van der Waals surface area contributed by atoms with Crippen LogP contribution in [0.25, 0.3) is 0 Å². The summed E-state index contributed by atoms with van der Waals surface area (Å²) in [6.45, 7) is 0. The first-order valence-electron chi connectivity index (χ1n) is 9.48. The maximum Gasteiger partial charge on any atom is 0.335 e. The van der Waals surface area contributed by atoms with Gasteiger partial charge in [0.05, 0.1) is 17.7 Å². The molecule has 0 spiro atoms. The molecule has 0 aromatic heterocycles. The molecule has 0 radical (unpaired) electrons. The lowest BCUT2D eigenvalue weighted by molar-refractivity contribution is 0.0697. The van der Waals surface area contributed by atoms with Gasteiger partial charge < -0.3 is 15.5 Å². The van der Waals surface area contributed by atoms with Crippen LogP contribution in [0.4, 0.5) is 5.69 Å². The molecule has 0 aliphatic carbocycles. The highest BCUT2D eigenvalue weighted by atomic mass is 16.4. The Morgan fingerprint density at radius 2 is 1.46 bits per heavy atom. The van der Waals surface area contributed by atoms with Gasteiger partial charge in [0.25, 0.3) is 0 Å². The van der Waals surface area contributed by atoms with E-state index in [0.717, 1.165) is 17.7 Å². The Balaban J connectivity index is 1.67. The van der Waals surface area contributed by atoms with Gasteiger partial charge in [0.15, 0.2) is 0 Å². The summed E-state index contributed by atoms with van der Waals surface area (Å²) in [5, 5.41) is 23.1. The number of carbonyl (C=O) groups is 1. The second kappa shape index (κ2) is 9.72. The summed E-state index contributed by atoms with van der Waals surface area (Å²) >= 11 is 0. The Morgan fingerprint density at radius 1 is 0.857 bits per heavy atom. The average Bonchev–Trinajstić information content (AvgIpc) is 2.73. The van der Waals surface area contributed by atoms with E-state index >= 15 is 0 Å². The van der Waals surface area contributed by atoms with E-state index in [1.54, 1.807) is 24.3 Å². The van der Waals surface area contributed by atoms with Crippen molar-refractivity contribution in [1.82, 2.24) is 0 Å².